The second-order valence-corrected chi connectivity index (χ2v) is 6.57. The van der Waals surface area contributed by atoms with E-state index in [0.29, 0.717) is 37.0 Å². The van der Waals surface area contributed by atoms with Gasteiger partial charge in [0.05, 0.1) is 6.54 Å². The molecule has 1 unspecified atom stereocenters. The third kappa shape index (κ3) is 6.64. The molecule has 1 aliphatic rings. The Morgan fingerprint density at radius 3 is 2.83 bits per heavy atom. The van der Waals surface area contributed by atoms with Gasteiger partial charge >= 0.3 is 6.61 Å². The van der Waals surface area contributed by atoms with Crippen LogP contribution in [0.2, 0.25) is 0 Å². The molecule has 1 aliphatic heterocycles. The van der Waals surface area contributed by atoms with Crippen LogP contribution in [0.3, 0.4) is 0 Å². The Balaban J connectivity index is 0.00000320. The number of nitrogens with zero attached hydrogens (tertiary/aromatic N) is 3. The lowest BCUT2D eigenvalue weighted by Gasteiger charge is -2.20. The average Bonchev–Trinajstić information content (AvgIpc) is 3.15. The minimum absolute atomic E-state index is 0. The molecule has 1 fully saturated rings. The normalized spacial score (nSPS) is 16.4. The molecular formula is C20H25F3IN5O. The van der Waals surface area contributed by atoms with E-state index in [-0.39, 0.29) is 48.1 Å². The van der Waals surface area contributed by atoms with Crippen LogP contribution in [-0.2, 0) is 6.54 Å². The minimum atomic E-state index is -2.89. The molecule has 1 aromatic heterocycles. The number of benzene rings is 1. The smallest absolute Gasteiger partial charge is 0.387 e. The first kappa shape index (κ1) is 24.0. The van der Waals surface area contributed by atoms with Gasteiger partial charge in [0.2, 0.25) is 0 Å². The molecule has 6 nitrogen and oxygen atoms in total. The van der Waals surface area contributed by atoms with Gasteiger partial charge < -0.3 is 20.3 Å². The Labute approximate surface area is 190 Å². The van der Waals surface area contributed by atoms with E-state index in [9.17, 15) is 13.2 Å². The van der Waals surface area contributed by atoms with Crippen LogP contribution in [0.25, 0.3) is 0 Å². The fraction of sp³-hybridized carbons (Fsp3) is 0.400. The van der Waals surface area contributed by atoms with Crippen molar-refractivity contribution in [2.75, 3.05) is 24.5 Å². The highest BCUT2D eigenvalue weighted by Gasteiger charge is 2.26. The number of guanidine groups is 1. The van der Waals surface area contributed by atoms with Crippen molar-refractivity contribution in [1.29, 1.82) is 0 Å². The molecule has 1 saturated heterocycles. The number of para-hydroxylation sites is 1. The molecule has 10 heteroatoms. The number of rotatable bonds is 7. The maximum absolute atomic E-state index is 14.0. The summed E-state index contributed by atoms with van der Waals surface area (Å²) in [6.45, 7) is 1.15. The molecule has 1 atom stereocenters. The van der Waals surface area contributed by atoms with Crippen LogP contribution in [0.4, 0.5) is 19.0 Å². The molecule has 1 aromatic carbocycles. The summed E-state index contributed by atoms with van der Waals surface area (Å²) in [6.07, 6.45) is 2.37. The van der Waals surface area contributed by atoms with Gasteiger partial charge in [-0.15, -0.1) is 24.0 Å². The second-order valence-electron chi connectivity index (χ2n) is 6.57. The van der Waals surface area contributed by atoms with Crippen LogP contribution in [0.15, 0.2) is 47.6 Å². The zero-order chi connectivity index (χ0) is 20.6. The van der Waals surface area contributed by atoms with E-state index >= 15 is 0 Å². The van der Waals surface area contributed by atoms with Crippen molar-refractivity contribution in [1.82, 2.24) is 15.6 Å². The second kappa shape index (κ2) is 11.8. The molecule has 30 heavy (non-hydrogen) atoms. The van der Waals surface area contributed by atoms with E-state index in [1.54, 1.807) is 30.5 Å². The van der Waals surface area contributed by atoms with Gasteiger partial charge in [0.1, 0.15) is 5.75 Å². The summed E-state index contributed by atoms with van der Waals surface area (Å²) < 4.78 is 43.7. The summed E-state index contributed by atoms with van der Waals surface area (Å²) in [6, 6.07) is 9.60. The first-order valence-electron chi connectivity index (χ1n) is 9.50. The number of nitrogens with one attached hydrogen (secondary N) is 2. The molecule has 0 bridgehead atoms. The molecule has 0 amide bonds. The summed E-state index contributed by atoms with van der Waals surface area (Å²) in [5.74, 6) is 0.675. The fourth-order valence-electron chi connectivity index (χ4n) is 3.20. The lowest BCUT2D eigenvalue weighted by atomic mass is 10.2. The Hall–Kier alpha value is -2.24. The lowest BCUT2D eigenvalue weighted by molar-refractivity contribution is -0.0504. The number of aliphatic imine (C=N–C) groups is 1. The third-order valence-corrected chi connectivity index (χ3v) is 4.51. The van der Waals surface area contributed by atoms with Gasteiger partial charge in [-0.1, -0.05) is 18.2 Å². The monoisotopic (exact) mass is 535 g/mol. The Morgan fingerprint density at radius 1 is 1.30 bits per heavy atom. The summed E-state index contributed by atoms with van der Waals surface area (Å²) in [7, 11) is 0. The van der Waals surface area contributed by atoms with Crippen molar-refractivity contribution >= 4 is 35.8 Å². The van der Waals surface area contributed by atoms with E-state index in [4.69, 9.17) is 0 Å². The number of aromatic nitrogens is 1. The van der Waals surface area contributed by atoms with Gasteiger partial charge in [0.15, 0.2) is 17.6 Å². The number of halogens is 4. The van der Waals surface area contributed by atoms with Crippen LogP contribution < -0.4 is 20.3 Å². The lowest BCUT2D eigenvalue weighted by Crippen LogP contribution is -2.44. The summed E-state index contributed by atoms with van der Waals surface area (Å²) in [5.41, 5.74) is 0.564. The predicted molar refractivity (Wildman–Crippen MR) is 121 cm³/mol. The predicted octanol–water partition coefficient (Wildman–Crippen LogP) is 3.77. The number of pyridine rings is 1. The van der Waals surface area contributed by atoms with Crippen molar-refractivity contribution in [3.05, 3.63) is 54.0 Å². The van der Waals surface area contributed by atoms with E-state index in [0.717, 1.165) is 6.42 Å². The standard InChI is InChI=1S/C20H24F3N5O.HI/c1-2-24-20(26-12-14-6-3-4-8-17(14)29-19(22)23)27-15-9-11-28(13-15)18-16(21)7-5-10-25-18;/h3-8,10,15,19H,2,9,11-13H2,1H3,(H2,24,26,27);1H. The van der Waals surface area contributed by atoms with Crippen LogP contribution in [-0.4, -0.2) is 43.2 Å². The first-order valence-corrected chi connectivity index (χ1v) is 9.50. The molecule has 0 saturated carbocycles. The van der Waals surface area contributed by atoms with Crippen LogP contribution in [0, 0.1) is 5.82 Å². The highest BCUT2D eigenvalue weighted by molar-refractivity contribution is 14.0. The van der Waals surface area contributed by atoms with E-state index in [1.807, 2.05) is 11.8 Å². The van der Waals surface area contributed by atoms with Crippen molar-refractivity contribution < 1.29 is 17.9 Å². The largest absolute Gasteiger partial charge is 0.434 e. The fourth-order valence-corrected chi connectivity index (χ4v) is 3.20. The summed E-state index contributed by atoms with van der Waals surface area (Å²) >= 11 is 0. The summed E-state index contributed by atoms with van der Waals surface area (Å²) in [4.78, 5) is 10.5. The van der Waals surface area contributed by atoms with Gasteiger partial charge in [-0.3, -0.25) is 0 Å². The number of ether oxygens (including phenoxy) is 1. The van der Waals surface area contributed by atoms with Gasteiger partial charge in [-0.2, -0.15) is 8.78 Å². The zero-order valence-corrected chi connectivity index (χ0v) is 18.9. The quantitative estimate of drug-likeness (QED) is 0.321. The van der Waals surface area contributed by atoms with E-state index in [1.165, 1.54) is 12.1 Å². The van der Waals surface area contributed by atoms with Crippen molar-refractivity contribution in [2.45, 2.75) is 32.5 Å². The van der Waals surface area contributed by atoms with Gasteiger partial charge in [0.25, 0.3) is 0 Å². The average molecular weight is 535 g/mol. The van der Waals surface area contributed by atoms with Crippen LogP contribution >= 0.6 is 24.0 Å². The van der Waals surface area contributed by atoms with Crippen LogP contribution in [0.1, 0.15) is 18.9 Å². The molecule has 0 aliphatic carbocycles. The van der Waals surface area contributed by atoms with E-state index < -0.39 is 6.61 Å². The van der Waals surface area contributed by atoms with Crippen molar-refractivity contribution in [3.8, 4) is 5.75 Å². The molecule has 2 aromatic rings. The number of hydrogen-bond donors (Lipinski definition) is 2. The Bertz CT molecular complexity index is 840. The topological polar surface area (TPSA) is 61.8 Å². The molecule has 0 radical (unpaired) electrons. The number of anilines is 1. The van der Waals surface area contributed by atoms with E-state index in [2.05, 4.69) is 25.3 Å². The van der Waals surface area contributed by atoms with Gasteiger partial charge in [-0.25, -0.2) is 14.4 Å². The Kier molecular flexibility index (Phi) is 9.47. The zero-order valence-electron chi connectivity index (χ0n) is 16.5. The molecule has 2 heterocycles. The first-order chi connectivity index (χ1) is 14.1. The third-order valence-electron chi connectivity index (χ3n) is 4.51. The van der Waals surface area contributed by atoms with Gasteiger partial charge in [0, 0.05) is 37.4 Å². The highest BCUT2D eigenvalue weighted by Crippen LogP contribution is 2.22. The molecule has 0 spiro atoms. The van der Waals surface area contributed by atoms with Gasteiger partial charge in [-0.05, 0) is 31.5 Å². The molecular weight excluding hydrogens is 510 g/mol. The SMILES string of the molecule is CCNC(=NCc1ccccc1OC(F)F)NC1CCN(c2ncccc2F)C1.I. The van der Waals surface area contributed by atoms with Crippen molar-refractivity contribution in [2.24, 2.45) is 4.99 Å². The molecule has 3 rings (SSSR count). The molecule has 164 valence electrons. The maximum atomic E-state index is 14.0. The van der Waals surface area contributed by atoms with Crippen LogP contribution in [0.5, 0.6) is 5.75 Å². The number of alkyl halides is 2. The molecule has 2 N–H and O–H groups in total. The maximum Gasteiger partial charge on any atom is 0.387 e. The number of hydrogen-bond acceptors (Lipinski definition) is 4. The summed E-state index contributed by atoms with van der Waals surface area (Å²) in [5, 5.41) is 6.47. The van der Waals surface area contributed by atoms with Crippen molar-refractivity contribution in [3.63, 3.8) is 0 Å². The highest BCUT2D eigenvalue weighted by atomic mass is 127. The Morgan fingerprint density at radius 2 is 2.10 bits per heavy atom. The minimum Gasteiger partial charge on any atom is -0.434 e.